The van der Waals surface area contributed by atoms with Gasteiger partial charge >= 0.3 is 0 Å². The number of rotatable bonds is 6. The van der Waals surface area contributed by atoms with Crippen molar-refractivity contribution >= 4 is 21.4 Å². The lowest BCUT2D eigenvalue weighted by molar-refractivity contribution is 0.359. The van der Waals surface area contributed by atoms with Gasteiger partial charge in [0.1, 0.15) is 4.21 Å². The molecule has 1 aromatic rings. The molecule has 0 radical (unpaired) electrons. The molecular weight excluding hydrogens is 258 g/mol. The van der Waals surface area contributed by atoms with E-state index in [1.807, 2.05) is 19.0 Å². The van der Waals surface area contributed by atoms with Crippen LogP contribution in [0.2, 0.25) is 0 Å². The number of hydrogen-bond donors (Lipinski definition) is 1. The zero-order chi connectivity index (χ0) is 13.1. The normalized spacial score (nSPS) is 12.6. The van der Waals surface area contributed by atoms with Crippen LogP contribution < -0.4 is 5.73 Å². The fraction of sp³-hybridized carbons (Fsp3) is 0.600. The second-order valence-electron chi connectivity index (χ2n) is 4.11. The molecule has 0 aromatic carbocycles. The van der Waals surface area contributed by atoms with Crippen LogP contribution in [0, 0.1) is 0 Å². The molecule has 0 unspecified atom stereocenters. The van der Waals surface area contributed by atoms with E-state index in [9.17, 15) is 8.42 Å². The highest BCUT2D eigenvalue weighted by Crippen LogP contribution is 2.22. The van der Waals surface area contributed by atoms with Gasteiger partial charge in [-0.1, -0.05) is 0 Å². The fourth-order valence-corrected chi connectivity index (χ4v) is 3.80. The van der Waals surface area contributed by atoms with Gasteiger partial charge in [0.25, 0.3) is 10.0 Å². The topological polar surface area (TPSA) is 66.6 Å². The van der Waals surface area contributed by atoms with Gasteiger partial charge in [0, 0.05) is 26.7 Å². The standard InChI is InChI=1S/C10H19N3O2S2/c1-12(2)4-5-13(3)17(14,15)10-6-9(7-11)8-16-10/h6,8H,4-5,7,11H2,1-3H3. The molecule has 0 spiro atoms. The average Bonchev–Trinajstić information content (AvgIpc) is 2.74. The Bertz CT molecular complexity index is 454. The van der Waals surface area contributed by atoms with Crippen molar-refractivity contribution < 1.29 is 8.42 Å². The fourth-order valence-electron chi connectivity index (χ4n) is 1.21. The van der Waals surface area contributed by atoms with Gasteiger partial charge in [-0.05, 0) is 31.1 Å². The van der Waals surface area contributed by atoms with Crippen LogP contribution in [0.1, 0.15) is 5.56 Å². The first kappa shape index (κ1) is 14.6. The molecule has 0 atom stereocenters. The molecule has 1 rings (SSSR count). The quantitative estimate of drug-likeness (QED) is 0.817. The Morgan fingerprint density at radius 2 is 1.94 bits per heavy atom. The average molecular weight is 277 g/mol. The zero-order valence-electron chi connectivity index (χ0n) is 10.4. The predicted octanol–water partition coefficient (Wildman–Crippen LogP) is 0.389. The van der Waals surface area contributed by atoms with Crippen LogP contribution in [0.25, 0.3) is 0 Å². The number of likely N-dealkylation sites (N-methyl/N-ethyl adjacent to an activating group) is 2. The first-order chi connectivity index (χ1) is 7.87. The molecule has 17 heavy (non-hydrogen) atoms. The molecule has 1 aromatic heterocycles. The molecule has 2 N–H and O–H groups in total. The van der Waals surface area contributed by atoms with Crippen molar-refractivity contribution in [3.05, 3.63) is 17.0 Å². The molecule has 1 heterocycles. The van der Waals surface area contributed by atoms with Crippen molar-refractivity contribution in [2.45, 2.75) is 10.8 Å². The second-order valence-corrected chi connectivity index (χ2v) is 7.29. The third-order valence-electron chi connectivity index (χ3n) is 2.39. The third-order valence-corrected chi connectivity index (χ3v) is 5.71. The van der Waals surface area contributed by atoms with Gasteiger partial charge < -0.3 is 10.6 Å². The van der Waals surface area contributed by atoms with Gasteiger partial charge in [-0.25, -0.2) is 8.42 Å². The van der Waals surface area contributed by atoms with E-state index in [1.165, 1.54) is 15.6 Å². The lowest BCUT2D eigenvalue weighted by Gasteiger charge is -2.18. The van der Waals surface area contributed by atoms with E-state index in [2.05, 4.69) is 0 Å². The van der Waals surface area contributed by atoms with E-state index in [-0.39, 0.29) is 0 Å². The lowest BCUT2D eigenvalue weighted by Crippen LogP contribution is -2.33. The number of nitrogens with two attached hydrogens (primary N) is 1. The number of sulfonamides is 1. The van der Waals surface area contributed by atoms with E-state index in [4.69, 9.17) is 5.73 Å². The Hall–Kier alpha value is -0.470. The minimum absolute atomic E-state index is 0.360. The molecule has 0 amide bonds. The summed E-state index contributed by atoms with van der Waals surface area (Å²) in [6.45, 7) is 1.55. The molecular formula is C10H19N3O2S2. The summed E-state index contributed by atoms with van der Waals surface area (Å²) in [5, 5.41) is 1.78. The maximum atomic E-state index is 12.2. The molecule has 0 aliphatic carbocycles. The molecule has 0 saturated heterocycles. The molecule has 0 aliphatic rings. The van der Waals surface area contributed by atoms with E-state index in [0.717, 1.165) is 5.56 Å². The van der Waals surface area contributed by atoms with Gasteiger partial charge in [-0.3, -0.25) is 0 Å². The third kappa shape index (κ3) is 3.75. The van der Waals surface area contributed by atoms with Crippen LogP contribution in [0.5, 0.6) is 0 Å². The zero-order valence-corrected chi connectivity index (χ0v) is 12.0. The number of nitrogens with zero attached hydrogens (tertiary/aromatic N) is 2. The van der Waals surface area contributed by atoms with Crippen LogP contribution in [0.4, 0.5) is 0 Å². The first-order valence-corrected chi connectivity index (χ1v) is 7.58. The summed E-state index contributed by atoms with van der Waals surface area (Å²) in [6.07, 6.45) is 0. The van der Waals surface area contributed by atoms with Gasteiger partial charge in [-0.15, -0.1) is 11.3 Å². The van der Waals surface area contributed by atoms with Crippen molar-refractivity contribution in [3.63, 3.8) is 0 Å². The van der Waals surface area contributed by atoms with Crippen molar-refractivity contribution in [2.24, 2.45) is 5.73 Å². The summed E-state index contributed by atoms with van der Waals surface area (Å²) < 4.78 is 26.0. The van der Waals surface area contributed by atoms with E-state index < -0.39 is 10.0 Å². The molecule has 0 aliphatic heterocycles. The second kappa shape index (κ2) is 5.92. The van der Waals surface area contributed by atoms with Crippen LogP contribution in [-0.2, 0) is 16.6 Å². The van der Waals surface area contributed by atoms with E-state index in [1.54, 1.807) is 18.5 Å². The smallest absolute Gasteiger partial charge is 0.252 e. The molecule has 0 bridgehead atoms. The van der Waals surface area contributed by atoms with E-state index >= 15 is 0 Å². The van der Waals surface area contributed by atoms with Crippen LogP contribution in [0.15, 0.2) is 15.7 Å². The van der Waals surface area contributed by atoms with Gasteiger partial charge in [0.05, 0.1) is 0 Å². The Morgan fingerprint density at radius 1 is 1.29 bits per heavy atom. The first-order valence-electron chi connectivity index (χ1n) is 5.26. The maximum absolute atomic E-state index is 12.2. The summed E-state index contributed by atoms with van der Waals surface area (Å²) in [5.41, 5.74) is 6.33. The molecule has 0 fully saturated rings. The van der Waals surface area contributed by atoms with Crippen molar-refractivity contribution in [2.75, 3.05) is 34.2 Å². The van der Waals surface area contributed by atoms with Gasteiger partial charge in [0.2, 0.25) is 0 Å². The van der Waals surface area contributed by atoms with Crippen LogP contribution in [-0.4, -0.2) is 51.9 Å². The van der Waals surface area contributed by atoms with Gasteiger partial charge in [-0.2, -0.15) is 4.31 Å². The van der Waals surface area contributed by atoms with Gasteiger partial charge in [0.15, 0.2) is 0 Å². The highest BCUT2D eigenvalue weighted by atomic mass is 32.2. The van der Waals surface area contributed by atoms with E-state index in [0.29, 0.717) is 23.8 Å². The summed E-state index contributed by atoms with van der Waals surface area (Å²) in [5.74, 6) is 0. The molecule has 98 valence electrons. The highest BCUT2D eigenvalue weighted by molar-refractivity contribution is 7.91. The van der Waals surface area contributed by atoms with Crippen molar-refractivity contribution in [1.29, 1.82) is 0 Å². The van der Waals surface area contributed by atoms with Crippen molar-refractivity contribution in [1.82, 2.24) is 9.21 Å². The Balaban J connectivity index is 2.79. The number of thiophene rings is 1. The summed E-state index contributed by atoms with van der Waals surface area (Å²) in [4.78, 5) is 1.95. The Morgan fingerprint density at radius 3 is 2.41 bits per heavy atom. The summed E-state index contributed by atoms with van der Waals surface area (Å²) >= 11 is 1.22. The van der Waals surface area contributed by atoms with Crippen molar-refractivity contribution in [3.8, 4) is 0 Å². The Kier molecular flexibility index (Phi) is 5.08. The molecule has 5 nitrogen and oxygen atoms in total. The molecule has 0 saturated carbocycles. The van der Waals surface area contributed by atoms with Crippen LogP contribution >= 0.6 is 11.3 Å². The maximum Gasteiger partial charge on any atom is 0.252 e. The largest absolute Gasteiger partial charge is 0.326 e. The highest BCUT2D eigenvalue weighted by Gasteiger charge is 2.22. The lowest BCUT2D eigenvalue weighted by atomic mass is 10.4. The monoisotopic (exact) mass is 277 g/mol. The SMILES string of the molecule is CN(C)CCN(C)S(=O)(=O)c1cc(CN)cs1. The summed E-state index contributed by atoms with van der Waals surface area (Å²) in [6, 6.07) is 1.64. The summed E-state index contributed by atoms with van der Waals surface area (Å²) in [7, 11) is 2.07. The minimum Gasteiger partial charge on any atom is -0.326 e. The minimum atomic E-state index is -3.35. The predicted molar refractivity (Wildman–Crippen MR) is 70.6 cm³/mol. The molecule has 7 heteroatoms. The Labute approximate surface area is 107 Å². The number of hydrogen-bond acceptors (Lipinski definition) is 5. The van der Waals surface area contributed by atoms with Crippen LogP contribution in [0.3, 0.4) is 0 Å².